The standard InChI is InChI=1S/C12H12BrN3/c1-14-12(9-3-2-4-15-6-9)10-5-11(13)8-16-7-10/h2-8,12,14H,1H3. The van der Waals surface area contributed by atoms with Crippen LogP contribution in [0.15, 0.2) is 47.5 Å². The molecule has 3 nitrogen and oxygen atoms in total. The van der Waals surface area contributed by atoms with Gasteiger partial charge in [-0.05, 0) is 46.2 Å². The second kappa shape index (κ2) is 5.18. The third kappa shape index (κ3) is 2.46. The van der Waals surface area contributed by atoms with Gasteiger partial charge in [-0.2, -0.15) is 0 Å². The molecule has 0 aliphatic heterocycles. The van der Waals surface area contributed by atoms with Crippen LogP contribution in [0.1, 0.15) is 17.2 Å². The van der Waals surface area contributed by atoms with E-state index in [2.05, 4.69) is 43.3 Å². The number of pyridine rings is 2. The van der Waals surface area contributed by atoms with Crippen molar-refractivity contribution in [3.63, 3.8) is 0 Å². The number of rotatable bonds is 3. The van der Waals surface area contributed by atoms with Crippen molar-refractivity contribution >= 4 is 15.9 Å². The molecule has 0 aliphatic rings. The SMILES string of the molecule is CNC(c1cccnc1)c1cncc(Br)c1. The van der Waals surface area contributed by atoms with Crippen molar-refractivity contribution in [1.82, 2.24) is 15.3 Å². The van der Waals surface area contributed by atoms with Crippen molar-refractivity contribution in [2.75, 3.05) is 7.05 Å². The molecule has 2 rings (SSSR count). The molecule has 0 aliphatic carbocycles. The van der Waals surface area contributed by atoms with Crippen molar-refractivity contribution in [2.45, 2.75) is 6.04 Å². The molecule has 16 heavy (non-hydrogen) atoms. The highest BCUT2D eigenvalue weighted by atomic mass is 79.9. The van der Waals surface area contributed by atoms with Crippen molar-refractivity contribution in [3.05, 3.63) is 58.6 Å². The zero-order chi connectivity index (χ0) is 11.4. The van der Waals surface area contributed by atoms with Gasteiger partial charge in [0.1, 0.15) is 0 Å². The summed E-state index contributed by atoms with van der Waals surface area (Å²) in [5.74, 6) is 0. The van der Waals surface area contributed by atoms with Gasteiger partial charge in [0.25, 0.3) is 0 Å². The number of halogens is 1. The first-order valence-corrected chi connectivity index (χ1v) is 5.78. The topological polar surface area (TPSA) is 37.8 Å². The van der Waals surface area contributed by atoms with Gasteiger partial charge >= 0.3 is 0 Å². The summed E-state index contributed by atoms with van der Waals surface area (Å²) >= 11 is 3.43. The Morgan fingerprint density at radius 2 is 2.00 bits per heavy atom. The van der Waals surface area contributed by atoms with Crippen LogP contribution in [0.25, 0.3) is 0 Å². The molecule has 1 unspecified atom stereocenters. The third-order valence-corrected chi connectivity index (χ3v) is 2.80. The summed E-state index contributed by atoms with van der Waals surface area (Å²) in [4.78, 5) is 8.30. The Balaban J connectivity index is 2.37. The van der Waals surface area contributed by atoms with Crippen LogP contribution in [0.3, 0.4) is 0 Å². The van der Waals surface area contributed by atoms with Gasteiger partial charge in [-0.15, -0.1) is 0 Å². The first-order valence-electron chi connectivity index (χ1n) is 4.99. The maximum atomic E-state index is 4.17. The zero-order valence-corrected chi connectivity index (χ0v) is 10.5. The summed E-state index contributed by atoms with van der Waals surface area (Å²) in [7, 11) is 1.93. The maximum absolute atomic E-state index is 4.17. The second-order valence-electron chi connectivity index (χ2n) is 3.44. The Morgan fingerprint density at radius 1 is 1.19 bits per heavy atom. The van der Waals surface area contributed by atoms with Crippen LogP contribution in [-0.2, 0) is 0 Å². The Labute approximate surface area is 103 Å². The lowest BCUT2D eigenvalue weighted by Gasteiger charge is -2.16. The summed E-state index contributed by atoms with van der Waals surface area (Å²) in [6, 6.07) is 6.17. The largest absolute Gasteiger partial charge is 0.309 e. The average Bonchev–Trinajstić information content (AvgIpc) is 2.31. The fraction of sp³-hybridized carbons (Fsp3) is 0.167. The van der Waals surface area contributed by atoms with Gasteiger partial charge in [0.15, 0.2) is 0 Å². The van der Waals surface area contributed by atoms with E-state index < -0.39 is 0 Å². The maximum Gasteiger partial charge on any atom is 0.0605 e. The molecule has 0 aromatic carbocycles. The van der Waals surface area contributed by atoms with Gasteiger partial charge in [-0.25, -0.2) is 0 Å². The van der Waals surface area contributed by atoms with Crippen LogP contribution in [0, 0.1) is 0 Å². The van der Waals surface area contributed by atoms with E-state index >= 15 is 0 Å². The first-order chi connectivity index (χ1) is 7.81. The van der Waals surface area contributed by atoms with Crippen LogP contribution in [0.2, 0.25) is 0 Å². The highest BCUT2D eigenvalue weighted by Crippen LogP contribution is 2.22. The fourth-order valence-corrected chi connectivity index (χ4v) is 2.04. The quantitative estimate of drug-likeness (QED) is 0.937. The normalized spacial score (nSPS) is 12.4. The van der Waals surface area contributed by atoms with Gasteiger partial charge in [0.2, 0.25) is 0 Å². The van der Waals surface area contributed by atoms with Gasteiger partial charge in [-0.3, -0.25) is 9.97 Å². The number of hydrogen-bond donors (Lipinski definition) is 1. The van der Waals surface area contributed by atoms with Gasteiger partial charge in [0, 0.05) is 29.3 Å². The lowest BCUT2D eigenvalue weighted by atomic mass is 10.0. The molecule has 1 N–H and O–H groups in total. The Kier molecular flexibility index (Phi) is 3.64. The minimum absolute atomic E-state index is 0.124. The Bertz CT molecular complexity index is 459. The predicted molar refractivity (Wildman–Crippen MR) is 67.1 cm³/mol. The van der Waals surface area contributed by atoms with Crippen molar-refractivity contribution in [1.29, 1.82) is 0 Å². The average molecular weight is 278 g/mol. The first kappa shape index (κ1) is 11.2. The minimum atomic E-state index is 0.124. The smallest absolute Gasteiger partial charge is 0.0605 e. The fourth-order valence-electron chi connectivity index (χ4n) is 1.66. The molecule has 0 saturated heterocycles. The summed E-state index contributed by atoms with van der Waals surface area (Å²) in [5, 5.41) is 3.26. The van der Waals surface area contributed by atoms with E-state index in [9.17, 15) is 0 Å². The molecule has 2 aromatic rings. The summed E-state index contributed by atoms with van der Waals surface area (Å²) in [6.45, 7) is 0. The molecule has 2 aromatic heterocycles. The van der Waals surface area contributed by atoms with Crippen molar-refractivity contribution in [3.8, 4) is 0 Å². The summed E-state index contributed by atoms with van der Waals surface area (Å²) in [5.41, 5.74) is 2.25. The number of hydrogen-bond acceptors (Lipinski definition) is 3. The third-order valence-electron chi connectivity index (χ3n) is 2.37. The summed E-state index contributed by atoms with van der Waals surface area (Å²) in [6.07, 6.45) is 7.27. The van der Waals surface area contributed by atoms with E-state index in [1.165, 1.54) is 0 Å². The second-order valence-corrected chi connectivity index (χ2v) is 4.36. The minimum Gasteiger partial charge on any atom is -0.309 e. The highest BCUT2D eigenvalue weighted by Gasteiger charge is 2.12. The highest BCUT2D eigenvalue weighted by molar-refractivity contribution is 9.10. The van der Waals surface area contributed by atoms with E-state index in [-0.39, 0.29) is 6.04 Å². The molecule has 0 spiro atoms. The van der Waals surface area contributed by atoms with Crippen LogP contribution in [0.4, 0.5) is 0 Å². The molecular formula is C12H12BrN3. The molecule has 0 amide bonds. The lowest BCUT2D eigenvalue weighted by molar-refractivity contribution is 0.685. The monoisotopic (exact) mass is 277 g/mol. The van der Waals surface area contributed by atoms with Crippen LogP contribution in [0.5, 0.6) is 0 Å². The van der Waals surface area contributed by atoms with Gasteiger partial charge in [-0.1, -0.05) is 6.07 Å². The van der Waals surface area contributed by atoms with E-state index in [0.717, 1.165) is 15.6 Å². The molecule has 82 valence electrons. The van der Waals surface area contributed by atoms with E-state index in [1.54, 1.807) is 12.4 Å². The van der Waals surface area contributed by atoms with E-state index in [1.807, 2.05) is 25.5 Å². The molecule has 0 saturated carbocycles. The van der Waals surface area contributed by atoms with Crippen LogP contribution < -0.4 is 5.32 Å². The molecule has 0 fully saturated rings. The van der Waals surface area contributed by atoms with E-state index in [4.69, 9.17) is 0 Å². The van der Waals surface area contributed by atoms with Crippen molar-refractivity contribution in [2.24, 2.45) is 0 Å². The number of nitrogens with zero attached hydrogens (tertiary/aromatic N) is 2. The molecule has 0 bridgehead atoms. The van der Waals surface area contributed by atoms with Crippen LogP contribution >= 0.6 is 15.9 Å². The van der Waals surface area contributed by atoms with E-state index in [0.29, 0.717) is 0 Å². The van der Waals surface area contributed by atoms with Gasteiger partial charge in [0.05, 0.1) is 6.04 Å². The molecule has 2 heterocycles. The van der Waals surface area contributed by atoms with Crippen LogP contribution in [-0.4, -0.2) is 17.0 Å². The van der Waals surface area contributed by atoms with Crippen molar-refractivity contribution < 1.29 is 0 Å². The zero-order valence-electron chi connectivity index (χ0n) is 8.89. The predicted octanol–water partition coefficient (Wildman–Crippen LogP) is 2.55. The molecule has 4 heteroatoms. The summed E-state index contributed by atoms with van der Waals surface area (Å²) < 4.78 is 0.981. The Hall–Kier alpha value is -1.26. The Morgan fingerprint density at radius 3 is 2.62 bits per heavy atom. The lowest BCUT2D eigenvalue weighted by Crippen LogP contribution is -2.17. The number of nitrogens with one attached hydrogen (secondary N) is 1. The molecule has 0 radical (unpaired) electrons. The van der Waals surface area contributed by atoms with Gasteiger partial charge < -0.3 is 5.32 Å². The molecular weight excluding hydrogens is 266 g/mol. The molecule has 1 atom stereocenters. The number of aromatic nitrogens is 2.